The topological polar surface area (TPSA) is 81.8 Å². The molecule has 0 saturated carbocycles. The summed E-state index contributed by atoms with van der Waals surface area (Å²) < 4.78 is 2.76. The van der Waals surface area contributed by atoms with Crippen LogP contribution >= 0.6 is 23.2 Å². The van der Waals surface area contributed by atoms with Crippen molar-refractivity contribution in [1.82, 2.24) is 24.6 Å². The van der Waals surface area contributed by atoms with Gasteiger partial charge in [-0.05, 0) is 24.6 Å². The number of rotatable bonds is 4. The molecule has 2 aromatic heterocycles. The summed E-state index contributed by atoms with van der Waals surface area (Å²) in [6.45, 7) is 1.69. The standard InChI is InChI=1S/C16H15Cl2N5O2/c1-9(10-3-4-12(17)13(18)5-10)21-14(24)7-23-8-19-15-11(16(23)25)6-20-22(15)2/h3-6,8-9H,7H2,1-2H3,(H,21,24)/t9-/m0/s1. The number of carbonyl (C=O) groups is 1. The van der Waals surface area contributed by atoms with E-state index < -0.39 is 0 Å². The highest BCUT2D eigenvalue weighted by Crippen LogP contribution is 2.25. The van der Waals surface area contributed by atoms with Gasteiger partial charge in [0.2, 0.25) is 5.91 Å². The number of amides is 1. The first kappa shape index (κ1) is 17.4. The number of aryl methyl sites for hydroxylation is 1. The summed E-state index contributed by atoms with van der Waals surface area (Å²) in [7, 11) is 1.70. The number of aromatic nitrogens is 4. The van der Waals surface area contributed by atoms with E-state index in [-0.39, 0.29) is 24.1 Å². The zero-order chi connectivity index (χ0) is 18.1. The fourth-order valence-corrected chi connectivity index (χ4v) is 2.79. The van der Waals surface area contributed by atoms with E-state index in [1.54, 1.807) is 25.2 Å². The molecule has 25 heavy (non-hydrogen) atoms. The van der Waals surface area contributed by atoms with Crippen molar-refractivity contribution in [1.29, 1.82) is 0 Å². The van der Waals surface area contributed by atoms with Crippen LogP contribution in [0.25, 0.3) is 11.0 Å². The fourth-order valence-electron chi connectivity index (χ4n) is 2.49. The fraction of sp³-hybridized carbons (Fsp3) is 0.250. The minimum atomic E-state index is -0.314. The van der Waals surface area contributed by atoms with E-state index in [1.807, 2.05) is 6.92 Å². The third kappa shape index (κ3) is 3.52. The third-order valence-electron chi connectivity index (χ3n) is 3.85. The summed E-state index contributed by atoms with van der Waals surface area (Å²) in [5.74, 6) is -0.314. The predicted molar refractivity (Wildman–Crippen MR) is 95.8 cm³/mol. The minimum absolute atomic E-state index is 0.137. The lowest BCUT2D eigenvalue weighted by molar-refractivity contribution is -0.122. The second-order valence-corrected chi connectivity index (χ2v) is 6.46. The Labute approximate surface area is 153 Å². The van der Waals surface area contributed by atoms with Gasteiger partial charge in [0, 0.05) is 7.05 Å². The van der Waals surface area contributed by atoms with Gasteiger partial charge in [0.05, 0.1) is 22.3 Å². The van der Waals surface area contributed by atoms with Crippen LogP contribution in [0, 0.1) is 0 Å². The molecule has 0 saturated heterocycles. The molecule has 1 aromatic carbocycles. The molecule has 130 valence electrons. The van der Waals surface area contributed by atoms with Gasteiger partial charge < -0.3 is 5.32 Å². The van der Waals surface area contributed by atoms with Crippen LogP contribution in [0.2, 0.25) is 10.0 Å². The van der Waals surface area contributed by atoms with Crippen molar-refractivity contribution in [3.63, 3.8) is 0 Å². The summed E-state index contributed by atoms with van der Waals surface area (Å²) in [5.41, 5.74) is 0.984. The number of halogens is 2. The van der Waals surface area contributed by atoms with Gasteiger partial charge in [-0.25, -0.2) is 4.98 Å². The minimum Gasteiger partial charge on any atom is -0.348 e. The van der Waals surface area contributed by atoms with E-state index >= 15 is 0 Å². The Bertz CT molecular complexity index is 1010. The van der Waals surface area contributed by atoms with Crippen LogP contribution in [0.15, 0.2) is 35.5 Å². The van der Waals surface area contributed by atoms with Gasteiger partial charge >= 0.3 is 0 Å². The number of hydrogen-bond acceptors (Lipinski definition) is 4. The van der Waals surface area contributed by atoms with Crippen LogP contribution in [0.4, 0.5) is 0 Å². The number of carbonyl (C=O) groups excluding carboxylic acids is 1. The summed E-state index contributed by atoms with van der Waals surface area (Å²) in [6.07, 6.45) is 2.78. The Balaban J connectivity index is 1.75. The number of nitrogens with one attached hydrogen (secondary N) is 1. The SMILES string of the molecule is C[C@H](NC(=O)Cn1cnc2c(cnn2C)c1=O)c1ccc(Cl)c(Cl)c1. The molecule has 0 unspecified atom stereocenters. The molecule has 0 aliphatic rings. The largest absolute Gasteiger partial charge is 0.348 e. The molecular formula is C16H15Cl2N5O2. The van der Waals surface area contributed by atoms with Crippen molar-refractivity contribution in [2.45, 2.75) is 19.5 Å². The Morgan fingerprint density at radius 3 is 2.80 bits per heavy atom. The van der Waals surface area contributed by atoms with Crippen LogP contribution in [0.5, 0.6) is 0 Å². The van der Waals surface area contributed by atoms with E-state index in [2.05, 4.69) is 15.4 Å². The molecule has 0 aliphatic heterocycles. The molecule has 0 radical (unpaired) electrons. The molecule has 1 amide bonds. The van der Waals surface area contributed by atoms with E-state index in [1.165, 1.54) is 21.8 Å². The van der Waals surface area contributed by atoms with Crippen molar-refractivity contribution in [2.75, 3.05) is 0 Å². The monoisotopic (exact) mass is 379 g/mol. The molecule has 3 rings (SSSR count). The summed E-state index contributed by atoms with van der Waals surface area (Å²) in [4.78, 5) is 28.8. The Morgan fingerprint density at radius 2 is 2.08 bits per heavy atom. The van der Waals surface area contributed by atoms with E-state index in [0.717, 1.165) is 5.56 Å². The number of fused-ring (bicyclic) bond motifs is 1. The van der Waals surface area contributed by atoms with Crippen LogP contribution < -0.4 is 10.9 Å². The van der Waals surface area contributed by atoms with Crippen LogP contribution in [0.3, 0.4) is 0 Å². The second-order valence-electron chi connectivity index (χ2n) is 5.65. The third-order valence-corrected chi connectivity index (χ3v) is 4.59. The van der Waals surface area contributed by atoms with Gasteiger partial charge in [0.1, 0.15) is 18.3 Å². The number of nitrogens with zero attached hydrogens (tertiary/aromatic N) is 4. The Kier molecular flexibility index (Phi) is 4.78. The van der Waals surface area contributed by atoms with Gasteiger partial charge in [-0.3, -0.25) is 18.8 Å². The van der Waals surface area contributed by atoms with E-state index in [9.17, 15) is 9.59 Å². The molecule has 2 heterocycles. The number of benzene rings is 1. The molecule has 0 spiro atoms. The van der Waals surface area contributed by atoms with E-state index in [4.69, 9.17) is 23.2 Å². The molecule has 1 atom stereocenters. The smallest absolute Gasteiger partial charge is 0.264 e. The summed E-state index contributed by atoms with van der Waals surface area (Å²) in [5, 5.41) is 8.06. The van der Waals surface area contributed by atoms with Gasteiger partial charge in [-0.15, -0.1) is 0 Å². The van der Waals surface area contributed by atoms with Crippen molar-refractivity contribution in [3.8, 4) is 0 Å². The second kappa shape index (κ2) is 6.85. The predicted octanol–water partition coefficient (Wildman–Crippen LogP) is 2.31. The highest BCUT2D eigenvalue weighted by Gasteiger charge is 2.14. The quantitative estimate of drug-likeness (QED) is 0.753. The van der Waals surface area contributed by atoms with Gasteiger partial charge in [-0.1, -0.05) is 29.3 Å². The number of hydrogen-bond donors (Lipinski definition) is 1. The molecule has 9 heteroatoms. The van der Waals surface area contributed by atoms with Gasteiger partial charge in [0.15, 0.2) is 5.65 Å². The average molecular weight is 380 g/mol. The Morgan fingerprint density at radius 1 is 1.32 bits per heavy atom. The Hall–Kier alpha value is -2.38. The van der Waals surface area contributed by atoms with Crippen molar-refractivity contribution in [3.05, 3.63) is 56.7 Å². The van der Waals surface area contributed by atoms with Gasteiger partial charge in [0.25, 0.3) is 5.56 Å². The van der Waals surface area contributed by atoms with Crippen LogP contribution in [-0.4, -0.2) is 25.2 Å². The molecule has 0 bridgehead atoms. The van der Waals surface area contributed by atoms with Crippen molar-refractivity contribution in [2.24, 2.45) is 7.05 Å². The lowest BCUT2D eigenvalue weighted by Gasteiger charge is -2.15. The van der Waals surface area contributed by atoms with Crippen LogP contribution in [-0.2, 0) is 18.4 Å². The molecule has 3 aromatic rings. The highest BCUT2D eigenvalue weighted by molar-refractivity contribution is 6.42. The summed E-state index contributed by atoms with van der Waals surface area (Å²) in [6, 6.07) is 4.87. The molecule has 0 fully saturated rings. The first-order valence-electron chi connectivity index (χ1n) is 7.48. The molecule has 0 aliphatic carbocycles. The first-order chi connectivity index (χ1) is 11.9. The maximum Gasteiger partial charge on any atom is 0.264 e. The lowest BCUT2D eigenvalue weighted by atomic mass is 10.1. The normalized spacial score (nSPS) is 12.3. The molecule has 1 N–H and O–H groups in total. The first-order valence-corrected chi connectivity index (χ1v) is 8.24. The van der Waals surface area contributed by atoms with E-state index in [0.29, 0.717) is 21.1 Å². The molecule has 7 nitrogen and oxygen atoms in total. The highest BCUT2D eigenvalue weighted by atomic mass is 35.5. The van der Waals surface area contributed by atoms with Crippen LogP contribution in [0.1, 0.15) is 18.5 Å². The van der Waals surface area contributed by atoms with Crippen molar-refractivity contribution < 1.29 is 4.79 Å². The zero-order valence-electron chi connectivity index (χ0n) is 13.5. The summed E-state index contributed by atoms with van der Waals surface area (Å²) >= 11 is 11.9. The maximum atomic E-state index is 12.4. The van der Waals surface area contributed by atoms with Crippen molar-refractivity contribution >= 4 is 40.1 Å². The molecular weight excluding hydrogens is 365 g/mol. The maximum absolute atomic E-state index is 12.4. The zero-order valence-corrected chi connectivity index (χ0v) is 15.0. The average Bonchev–Trinajstić information content (AvgIpc) is 2.94. The van der Waals surface area contributed by atoms with Gasteiger partial charge in [-0.2, -0.15) is 5.10 Å². The lowest BCUT2D eigenvalue weighted by Crippen LogP contribution is -2.33.